The molecule has 1 aliphatic rings. The molecular formula is C12H15NO2. The number of pyridine rings is 1. The van der Waals surface area contributed by atoms with Gasteiger partial charge < -0.3 is 4.57 Å². The minimum absolute atomic E-state index is 0.0191. The van der Waals surface area contributed by atoms with Crippen LogP contribution in [-0.2, 0) is 11.8 Å². The molecule has 80 valence electrons. The maximum absolute atomic E-state index is 11.2. The van der Waals surface area contributed by atoms with Gasteiger partial charge in [0.1, 0.15) is 5.78 Å². The van der Waals surface area contributed by atoms with Crippen molar-refractivity contribution in [2.24, 2.45) is 7.05 Å². The molecule has 1 aromatic rings. The van der Waals surface area contributed by atoms with Crippen molar-refractivity contribution in [1.29, 1.82) is 0 Å². The van der Waals surface area contributed by atoms with Gasteiger partial charge in [-0.15, -0.1) is 0 Å². The Morgan fingerprint density at radius 1 is 1.20 bits per heavy atom. The fourth-order valence-electron chi connectivity index (χ4n) is 2.13. The number of aromatic nitrogens is 1. The van der Waals surface area contributed by atoms with Crippen molar-refractivity contribution >= 4 is 5.78 Å². The molecule has 1 saturated carbocycles. The second kappa shape index (κ2) is 4.01. The first-order chi connectivity index (χ1) is 7.16. The zero-order valence-corrected chi connectivity index (χ0v) is 8.90. The lowest BCUT2D eigenvalue weighted by atomic mass is 9.84. The number of nitrogens with zero attached hydrogens (tertiary/aromatic N) is 1. The van der Waals surface area contributed by atoms with Crippen LogP contribution in [-0.4, -0.2) is 10.4 Å². The first kappa shape index (κ1) is 10.1. The van der Waals surface area contributed by atoms with Gasteiger partial charge >= 0.3 is 0 Å². The molecule has 0 unspecified atom stereocenters. The Morgan fingerprint density at radius 2 is 1.87 bits per heavy atom. The number of hydrogen-bond donors (Lipinski definition) is 0. The lowest BCUT2D eigenvalue weighted by Crippen LogP contribution is -2.18. The molecule has 0 bridgehead atoms. The lowest BCUT2D eigenvalue weighted by Gasteiger charge is -2.21. The molecule has 3 heteroatoms. The zero-order valence-electron chi connectivity index (χ0n) is 8.90. The Hall–Kier alpha value is -1.38. The first-order valence-corrected chi connectivity index (χ1v) is 5.35. The van der Waals surface area contributed by atoms with Crippen LogP contribution in [0.4, 0.5) is 0 Å². The Kier molecular flexibility index (Phi) is 2.71. The van der Waals surface area contributed by atoms with E-state index in [2.05, 4.69) is 0 Å². The highest BCUT2D eigenvalue weighted by molar-refractivity contribution is 5.79. The maximum atomic E-state index is 11.2. The van der Waals surface area contributed by atoms with E-state index in [0.29, 0.717) is 24.5 Å². The summed E-state index contributed by atoms with van der Waals surface area (Å²) in [5, 5.41) is 0. The summed E-state index contributed by atoms with van der Waals surface area (Å²) >= 11 is 0. The van der Waals surface area contributed by atoms with Gasteiger partial charge in [-0.1, -0.05) is 6.07 Å². The summed E-state index contributed by atoms with van der Waals surface area (Å²) in [6, 6.07) is 3.49. The van der Waals surface area contributed by atoms with Crippen molar-refractivity contribution in [3.05, 3.63) is 34.2 Å². The molecule has 0 N–H and O–H groups in total. The molecule has 0 aliphatic heterocycles. The van der Waals surface area contributed by atoms with Gasteiger partial charge in [-0.05, 0) is 24.3 Å². The lowest BCUT2D eigenvalue weighted by molar-refractivity contribution is -0.120. The van der Waals surface area contributed by atoms with Crippen molar-refractivity contribution in [1.82, 2.24) is 4.57 Å². The van der Waals surface area contributed by atoms with E-state index in [0.717, 1.165) is 12.8 Å². The molecule has 0 radical (unpaired) electrons. The quantitative estimate of drug-likeness (QED) is 0.698. The molecule has 0 aromatic carbocycles. The summed E-state index contributed by atoms with van der Waals surface area (Å²) in [7, 11) is 1.76. The van der Waals surface area contributed by atoms with Gasteiger partial charge in [0, 0.05) is 32.2 Å². The summed E-state index contributed by atoms with van der Waals surface area (Å²) in [5.41, 5.74) is 1.20. The van der Waals surface area contributed by atoms with Gasteiger partial charge in [-0.2, -0.15) is 0 Å². The summed E-state index contributed by atoms with van der Waals surface area (Å²) in [4.78, 5) is 22.3. The van der Waals surface area contributed by atoms with Crippen molar-refractivity contribution < 1.29 is 4.79 Å². The smallest absolute Gasteiger partial charge is 0.250 e. The van der Waals surface area contributed by atoms with Crippen molar-refractivity contribution in [3.8, 4) is 0 Å². The fourth-order valence-corrected chi connectivity index (χ4v) is 2.13. The fraction of sp³-hybridized carbons (Fsp3) is 0.500. The third-order valence-electron chi connectivity index (χ3n) is 3.12. The molecule has 0 saturated heterocycles. The van der Waals surface area contributed by atoms with Crippen molar-refractivity contribution in [3.63, 3.8) is 0 Å². The Morgan fingerprint density at radius 3 is 2.47 bits per heavy atom. The van der Waals surface area contributed by atoms with Crippen LogP contribution >= 0.6 is 0 Å². The second-order valence-corrected chi connectivity index (χ2v) is 4.22. The van der Waals surface area contributed by atoms with Crippen LogP contribution < -0.4 is 5.56 Å². The molecule has 1 heterocycles. The minimum atomic E-state index is 0.0191. The van der Waals surface area contributed by atoms with Gasteiger partial charge in [-0.3, -0.25) is 9.59 Å². The molecule has 0 spiro atoms. The molecule has 2 rings (SSSR count). The van der Waals surface area contributed by atoms with E-state index in [1.165, 1.54) is 5.56 Å². The predicted octanol–water partition coefficient (Wildman–Crippen LogP) is 1.61. The number of ketones is 1. The Bertz CT molecular complexity index is 423. The second-order valence-electron chi connectivity index (χ2n) is 4.22. The van der Waals surface area contributed by atoms with Crippen molar-refractivity contribution in [2.45, 2.75) is 31.6 Å². The van der Waals surface area contributed by atoms with E-state index in [4.69, 9.17) is 0 Å². The highest BCUT2D eigenvalue weighted by atomic mass is 16.1. The van der Waals surface area contributed by atoms with E-state index in [1.807, 2.05) is 12.3 Å². The van der Waals surface area contributed by atoms with Crippen LogP contribution in [0.3, 0.4) is 0 Å². The van der Waals surface area contributed by atoms with E-state index in [-0.39, 0.29) is 5.56 Å². The summed E-state index contributed by atoms with van der Waals surface area (Å²) in [6.07, 6.45) is 5.12. The normalized spacial score (nSPS) is 18.1. The van der Waals surface area contributed by atoms with Crippen LogP contribution in [0.1, 0.15) is 37.2 Å². The first-order valence-electron chi connectivity index (χ1n) is 5.35. The Labute approximate surface area is 88.7 Å². The largest absolute Gasteiger partial charge is 0.318 e. The third-order valence-corrected chi connectivity index (χ3v) is 3.12. The summed E-state index contributed by atoms with van der Waals surface area (Å²) < 4.78 is 1.60. The van der Waals surface area contributed by atoms with Crippen LogP contribution in [0.25, 0.3) is 0 Å². The monoisotopic (exact) mass is 205 g/mol. The van der Waals surface area contributed by atoms with Crippen LogP contribution in [0.5, 0.6) is 0 Å². The van der Waals surface area contributed by atoms with E-state index in [1.54, 1.807) is 17.7 Å². The number of hydrogen-bond acceptors (Lipinski definition) is 2. The zero-order chi connectivity index (χ0) is 10.8. The molecular weight excluding hydrogens is 190 g/mol. The van der Waals surface area contributed by atoms with Gasteiger partial charge in [-0.25, -0.2) is 0 Å². The minimum Gasteiger partial charge on any atom is -0.318 e. The summed E-state index contributed by atoms with van der Waals surface area (Å²) in [6.45, 7) is 0. The van der Waals surface area contributed by atoms with E-state index >= 15 is 0 Å². The van der Waals surface area contributed by atoms with E-state index < -0.39 is 0 Å². The highest BCUT2D eigenvalue weighted by Crippen LogP contribution is 2.30. The maximum Gasteiger partial charge on any atom is 0.250 e. The van der Waals surface area contributed by atoms with Crippen LogP contribution in [0, 0.1) is 0 Å². The number of carbonyl (C=O) groups excluding carboxylic acids is 1. The van der Waals surface area contributed by atoms with Gasteiger partial charge in [0.05, 0.1) is 0 Å². The third kappa shape index (κ3) is 2.17. The highest BCUT2D eigenvalue weighted by Gasteiger charge is 2.20. The molecule has 15 heavy (non-hydrogen) atoms. The predicted molar refractivity (Wildman–Crippen MR) is 57.9 cm³/mol. The average molecular weight is 205 g/mol. The van der Waals surface area contributed by atoms with Gasteiger partial charge in [0.2, 0.25) is 5.56 Å². The molecule has 0 amide bonds. The van der Waals surface area contributed by atoms with Crippen molar-refractivity contribution in [2.75, 3.05) is 0 Å². The SMILES string of the molecule is Cn1cc(C2CCC(=O)CC2)ccc1=O. The summed E-state index contributed by atoms with van der Waals surface area (Å²) in [5.74, 6) is 0.825. The van der Waals surface area contributed by atoms with Gasteiger partial charge in [0.15, 0.2) is 0 Å². The number of carbonyl (C=O) groups is 1. The number of aryl methyl sites for hydroxylation is 1. The topological polar surface area (TPSA) is 39.1 Å². The number of Topliss-reactive ketones (excluding diaryl/α,β-unsaturated/α-hetero) is 1. The van der Waals surface area contributed by atoms with Crippen LogP contribution in [0.15, 0.2) is 23.1 Å². The molecule has 0 atom stereocenters. The molecule has 3 nitrogen and oxygen atoms in total. The molecule has 1 fully saturated rings. The number of rotatable bonds is 1. The molecule has 1 aromatic heterocycles. The average Bonchev–Trinajstić information content (AvgIpc) is 2.23. The van der Waals surface area contributed by atoms with Gasteiger partial charge in [0.25, 0.3) is 0 Å². The van der Waals surface area contributed by atoms with Crippen LogP contribution in [0.2, 0.25) is 0 Å². The Balaban J connectivity index is 2.19. The molecule has 1 aliphatic carbocycles. The van der Waals surface area contributed by atoms with E-state index in [9.17, 15) is 9.59 Å². The standard InChI is InChI=1S/C12H15NO2/c1-13-8-10(4-7-12(13)15)9-2-5-11(14)6-3-9/h4,7-9H,2-3,5-6H2,1H3.